The molecule has 1 fully saturated rings. The molecule has 0 aliphatic carbocycles. The molecule has 1 aliphatic heterocycles. The highest BCUT2D eigenvalue weighted by molar-refractivity contribution is 6.05. The van der Waals surface area contributed by atoms with Gasteiger partial charge in [0.05, 0.1) is 19.1 Å². The van der Waals surface area contributed by atoms with Gasteiger partial charge in [0.1, 0.15) is 6.04 Å². The van der Waals surface area contributed by atoms with Crippen LogP contribution >= 0.6 is 0 Å². The minimum Gasteiger partial charge on any atom is -0.394 e. The zero-order valence-electron chi connectivity index (χ0n) is 14.6. The van der Waals surface area contributed by atoms with E-state index in [9.17, 15) is 19.5 Å². The molecule has 1 heterocycles. The number of hydrogen-bond acceptors (Lipinski definition) is 4. The smallest absolute Gasteiger partial charge is 0.324 e. The van der Waals surface area contributed by atoms with Gasteiger partial charge in [-0.25, -0.2) is 4.79 Å². The molecule has 0 spiro atoms. The Bertz CT molecular complexity index is 618. The van der Waals surface area contributed by atoms with Crippen molar-refractivity contribution in [3.05, 3.63) is 35.9 Å². The molecule has 7 heteroatoms. The monoisotopic (exact) mass is 347 g/mol. The van der Waals surface area contributed by atoms with Crippen molar-refractivity contribution >= 4 is 17.8 Å². The third-order valence-electron chi connectivity index (χ3n) is 4.31. The number of nitrogens with zero attached hydrogens (tertiary/aromatic N) is 1. The lowest BCUT2D eigenvalue weighted by molar-refractivity contribution is -0.131. The molecule has 7 nitrogen and oxygen atoms in total. The normalized spacial score (nSPS) is 18.4. The van der Waals surface area contributed by atoms with Gasteiger partial charge in [-0.1, -0.05) is 44.2 Å². The molecule has 0 aromatic heterocycles. The van der Waals surface area contributed by atoms with E-state index in [-0.39, 0.29) is 43.3 Å². The first-order valence-electron chi connectivity index (χ1n) is 8.48. The van der Waals surface area contributed by atoms with E-state index in [1.807, 2.05) is 44.2 Å². The summed E-state index contributed by atoms with van der Waals surface area (Å²) in [7, 11) is 0. The number of imide groups is 1. The van der Waals surface area contributed by atoms with E-state index >= 15 is 0 Å². The number of aliphatic hydroxyl groups is 1. The summed E-state index contributed by atoms with van der Waals surface area (Å²) in [5.41, 5.74) is 1.03. The predicted octanol–water partition coefficient (Wildman–Crippen LogP) is 0.673. The van der Waals surface area contributed by atoms with Crippen molar-refractivity contribution in [1.29, 1.82) is 0 Å². The highest BCUT2D eigenvalue weighted by Crippen LogP contribution is 2.12. The summed E-state index contributed by atoms with van der Waals surface area (Å²) in [5.74, 6) is -0.678. The standard InChI is InChI=1S/C18H25N3O4/c1-12(2)15(11-22)19-16(23)10-14-17(24)21(18(25)20-14)9-8-13-6-4-3-5-7-13/h3-7,12,14-15,22H,8-11H2,1-2H3,(H,19,23)(H,20,25). The number of aliphatic hydroxyl groups excluding tert-OH is 1. The van der Waals surface area contributed by atoms with E-state index in [2.05, 4.69) is 10.6 Å². The number of rotatable bonds is 8. The van der Waals surface area contributed by atoms with Gasteiger partial charge in [0.2, 0.25) is 5.91 Å². The summed E-state index contributed by atoms with van der Waals surface area (Å²) in [6.07, 6.45) is 0.439. The number of nitrogens with one attached hydrogen (secondary N) is 2. The van der Waals surface area contributed by atoms with Crippen LogP contribution < -0.4 is 10.6 Å². The quantitative estimate of drug-likeness (QED) is 0.602. The van der Waals surface area contributed by atoms with E-state index in [0.717, 1.165) is 10.5 Å². The molecule has 0 saturated carbocycles. The Labute approximate surface area is 147 Å². The lowest BCUT2D eigenvalue weighted by atomic mass is 10.0. The van der Waals surface area contributed by atoms with Crippen LogP contribution in [-0.2, 0) is 16.0 Å². The number of benzene rings is 1. The third-order valence-corrected chi connectivity index (χ3v) is 4.31. The van der Waals surface area contributed by atoms with Crippen LogP contribution in [0.15, 0.2) is 30.3 Å². The molecule has 1 aromatic carbocycles. The van der Waals surface area contributed by atoms with Crippen LogP contribution in [0.2, 0.25) is 0 Å². The van der Waals surface area contributed by atoms with Gasteiger partial charge in [-0.2, -0.15) is 0 Å². The van der Waals surface area contributed by atoms with Gasteiger partial charge < -0.3 is 15.7 Å². The zero-order chi connectivity index (χ0) is 18.4. The second kappa shape index (κ2) is 8.62. The molecule has 3 N–H and O–H groups in total. The number of carbonyl (C=O) groups is 3. The summed E-state index contributed by atoms with van der Waals surface area (Å²) in [4.78, 5) is 37.6. The molecule has 1 aromatic rings. The summed E-state index contributed by atoms with van der Waals surface area (Å²) < 4.78 is 0. The Balaban J connectivity index is 1.88. The first-order chi connectivity index (χ1) is 11.9. The van der Waals surface area contributed by atoms with Crippen LogP contribution in [0.25, 0.3) is 0 Å². The average Bonchev–Trinajstić information content (AvgIpc) is 2.85. The Hall–Kier alpha value is -2.41. The van der Waals surface area contributed by atoms with Gasteiger partial charge in [0.15, 0.2) is 0 Å². The maximum Gasteiger partial charge on any atom is 0.324 e. The molecule has 136 valence electrons. The predicted molar refractivity (Wildman–Crippen MR) is 92.7 cm³/mol. The number of hydrogen-bond donors (Lipinski definition) is 3. The van der Waals surface area contributed by atoms with Gasteiger partial charge in [-0.3, -0.25) is 14.5 Å². The van der Waals surface area contributed by atoms with E-state index < -0.39 is 12.1 Å². The third kappa shape index (κ3) is 5.03. The lowest BCUT2D eigenvalue weighted by Crippen LogP contribution is -2.44. The first-order valence-corrected chi connectivity index (χ1v) is 8.48. The first kappa shape index (κ1) is 18.9. The van der Waals surface area contributed by atoms with E-state index in [1.54, 1.807) is 0 Å². The second-order valence-corrected chi connectivity index (χ2v) is 6.53. The molecule has 2 unspecified atom stereocenters. The summed E-state index contributed by atoms with van der Waals surface area (Å²) in [6, 6.07) is 7.89. The van der Waals surface area contributed by atoms with Crippen molar-refractivity contribution in [3.63, 3.8) is 0 Å². The maximum atomic E-state index is 12.4. The van der Waals surface area contributed by atoms with Crippen molar-refractivity contribution in [1.82, 2.24) is 15.5 Å². The van der Waals surface area contributed by atoms with Crippen molar-refractivity contribution in [3.8, 4) is 0 Å². The fourth-order valence-corrected chi connectivity index (χ4v) is 2.69. The second-order valence-electron chi connectivity index (χ2n) is 6.53. The number of urea groups is 1. The van der Waals surface area contributed by atoms with Gasteiger partial charge in [0, 0.05) is 6.54 Å². The van der Waals surface area contributed by atoms with Crippen LogP contribution in [0.1, 0.15) is 25.8 Å². The molecule has 2 atom stereocenters. The fourth-order valence-electron chi connectivity index (χ4n) is 2.69. The Morgan fingerprint density at radius 3 is 2.56 bits per heavy atom. The van der Waals surface area contributed by atoms with E-state index in [0.29, 0.717) is 6.42 Å². The Kier molecular flexibility index (Phi) is 6.52. The van der Waals surface area contributed by atoms with E-state index in [1.165, 1.54) is 0 Å². The van der Waals surface area contributed by atoms with Gasteiger partial charge in [0.25, 0.3) is 5.91 Å². The molecule has 0 radical (unpaired) electrons. The highest BCUT2D eigenvalue weighted by atomic mass is 16.3. The van der Waals surface area contributed by atoms with Gasteiger partial charge in [-0.15, -0.1) is 0 Å². The molecule has 2 rings (SSSR count). The summed E-state index contributed by atoms with van der Waals surface area (Å²) in [6.45, 7) is 3.87. The molecule has 1 saturated heterocycles. The minimum absolute atomic E-state index is 0.0743. The van der Waals surface area contributed by atoms with Crippen LogP contribution in [-0.4, -0.2) is 53.1 Å². The van der Waals surface area contributed by atoms with Crippen molar-refractivity contribution in [2.45, 2.75) is 38.8 Å². The van der Waals surface area contributed by atoms with Crippen molar-refractivity contribution in [2.24, 2.45) is 5.92 Å². The summed E-state index contributed by atoms with van der Waals surface area (Å²) in [5, 5.41) is 14.5. The van der Waals surface area contributed by atoms with Crippen LogP contribution in [0.4, 0.5) is 4.79 Å². The van der Waals surface area contributed by atoms with Crippen LogP contribution in [0.5, 0.6) is 0 Å². The topological polar surface area (TPSA) is 98.7 Å². The Morgan fingerprint density at radius 2 is 1.96 bits per heavy atom. The van der Waals surface area contributed by atoms with Crippen molar-refractivity contribution in [2.75, 3.05) is 13.2 Å². The largest absolute Gasteiger partial charge is 0.394 e. The molecule has 0 bridgehead atoms. The van der Waals surface area contributed by atoms with Crippen LogP contribution in [0.3, 0.4) is 0 Å². The maximum absolute atomic E-state index is 12.4. The van der Waals surface area contributed by atoms with Crippen molar-refractivity contribution < 1.29 is 19.5 Å². The van der Waals surface area contributed by atoms with Gasteiger partial charge in [-0.05, 0) is 17.9 Å². The van der Waals surface area contributed by atoms with E-state index in [4.69, 9.17) is 0 Å². The SMILES string of the molecule is CC(C)C(CO)NC(=O)CC1NC(=O)N(CCc2ccccc2)C1=O. The van der Waals surface area contributed by atoms with Gasteiger partial charge >= 0.3 is 6.03 Å². The molecule has 1 aliphatic rings. The molecular weight excluding hydrogens is 322 g/mol. The van der Waals surface area contributed by atoms with Crippen LogP contribution in [0, 0.1) is 5.92 Å². The summed E-state index contributed by atoms with van der Waals surface area (Å²) >= 11 is 0. The number of carbonyl (C=O) groups excluding carboxylic acids is 3. The molecular formula is C18H25N3O4. The fraction of sp³-hybridized carbons (Fsp3) is 0.500. The zero-order valence-corrected chi connectivity index (χ0v) is 14.6. The lowest BCUT2D eigenvalue weighted by Gasteiger charge is -2.20. The minimum atomic E-state index is -0.852. The Morgan fingerprint density at radius 1 is 1.28 bits per heavy atom. The molecule has 25 heavy (non-hydrogen) atoms. The number of amides is 4. The molecule has 4 amide bonds. The highest BCUT2D eigenvalue weighted by Gasteiger charge is 2.38. The average molecular weight is 347 g/mol.